The van der Waals surface area contributed by atoms with Gasteiger partial charge in [0.05, 0.1) is 56.9 Å². The maximum atomic E-state index is 13.4. The number of phosphoric ester groups is 1. The highest BCUT2D eigenvalue weighted by Gasteiger charge is 2.29. The van der Waals surface area contributed by atoms with E-state index in [1.54, 1.807) is 72.8 Å². The van der Waals surface area contributed by atoms with Crippen molar-refractivity contribution < 1.29 is 56.4 Å². The third kappa shape index (κ3) is 8.92. The lowest BCUT2D eigenvalue weighted by Gasteiger charge is -2.18. The zero-order valence-corrected chi connectivity index (χ0v) is 29.4. The molecule has 4 aromatic carbocycles. The molecule has 49 heavy (non-hydrogen) atoms. The zero-order chi connectivity index (χ0) is 35.6. The Labute approximate surface area is 285 Å². The highest BCUT2D eigenvalue weighted by Crippen LogP contribution is 2.49. The number of phosphoric acid groups is 1. The molecule has 0 aliphatic rings. The summed E-state index contributed by atoms with van der Waals surface area (Å²) in [5.74, 6) is 3.33. The fourth-order valence-corrected chi connectivity index (χ4v) is 5.60. The number of benzene rings is 4. The summed E-state index contributed by atoms with van der Waals surface area (Å²) in [5.41, 5.74) is 2.80. The van der Waals surface area contributed by atoms with Gasteiger partial charge in [-0.25, -0.2) is 4.57 Å². The molecule has 0 saturated carbocycles. The highest BCUT2D eigenvalue weighted by atomic mass is 31.2. The Morgan fingerprint density at radius 1 is 0.408 bits per heavy atom. The normalized spacial score (nSPS) is 11.3. The second-order valence-electron chi connectivity index (χ2n) is 10.1. The average Bonchev–Trinajstić information content (AvgIpc) is 3.11. The topological polar surface area (TPSA) is 130 Å². The Kier molecular flexibility index (Phi) is 12.3. The van der Waals surface area contributed by atoms with Gasteiger partial charge in [0.1, 0.15) is 0 Å². The van der Waals surface area contributed by atoms with E-state index in [-0.39, 0.29) is 23.0 Å². The molecule has 0 aliphatic heterocycles. The van der Waals surface area contributed by atoms with E-state index in [9.17, 15) is 9.46 Å². The van der Waals surface area contributed by atoms with Crippen LogP contribution >= 0.6 is 7.82 Å². The van der Waals surface area contributed by atoms with Crippen LogP contribution in [0.4, 0.5) is 0 Å². The van der Waals surface area contributed by atoms with E-state index in [1.165, 1.54) is 56.9 Å². The minimum atomic E-state index is -4.77. The van der Waals surface area contributed by atoms with Crippen LogP contribution in [0.1, 0.15) is 22.3 Å². The van der Waals surface area contributed by atoms with Crippen LogP contribution in [-0.4, -0.2) is 61.8 Å². The largest absolute Gasteiger partial charge is 0.585 e. The molecule has 0 spiro atoms. The molecule has 4 aromatic rings. The van der Waals surface area contributed by atoms with E-state index in [1.807, 2.05) is 12.2 Å². The van der Waals surface area contributed by atoms with Crippen LogP contribution in [0.3, 0.4) is 0 Å². The molecular weight excluding hydrogens is 655 g/mol. The summed E-state index contributed by atoms with van der Waals surface area (Å²) in [7, 11) is 7.27. The van der Waals surface area contributed by atoms with E-state index in [2.05, 4.69) is 0 Å². The van der Waals surface area contributed by atoms with Gasteiger partial charge >= 0.3 is 7.82 Å². The lowest BCUT2D eigenvalue weighted by Crippen LogP contribution is -2.02. The van der Waals surface area contributed by atoms with Gasteiger partial charge in [0.15, 0.2) is 46.0 Å². The van der Waals surface area contributed by atoms with Crippen molar-refractivity contribution >= 4 is 32.1 Å². The van der Waals surface area contributed by atoms with Crippen LogP contribution in [0.2, 0.25) is 0 Å². The van der Waals surface area contributed by atoms with Gasteiger partial charge in [-0.1, -0.05) is 36.4 Å². The van der Waals surface area contributed by atoms with Crippen molar-refractivity contribution in [2.45, 2.75) is 0 Å². The summed E-state index contributed by atoms with van der Waals surface area (Å²) in [5, 5.41) is 0. The summed E-state index contributed by atoms with van der Waals surface area (Å²) < 4.78 is 67.7. The first-order valence-electron chi connectivity index (χ1n) is 14.7. The van der Waals surface area contributed by atoms with Crippen LogP contribution in [0.5, 0.6) is 57.5 Å². The van der Waals surface area contributed by atoms with Crippen molar-refractivity contribution in [3.05, 3.63) is 82.9 Å². The molecule has 0 saturated heterocycles. The molecule has 0 bridgehead atoms. The second kappa shape index (κ2) is 16.6. The molecule has 260 valence electrons. The van der Waals surface area contributed by atoms with Gasteiger partial charge in [0.2, 0.25) is 11.5 Å². The van der Waals surface area contributed by atoms with Crippen molar-refractivity contribution in [1.82, 2.24) is 0 Å². The summed E-state index contributed by atoms with van der Waals surface area (Å²) in [4.78, 5) is 10.9. The van der Waals surface area contributed by atoms with Crippen molar-refractivity contribution in [1.29, 1.82) is 0 Å². The van der Waals surface area contributed by atoms with Crippen molar-refractivity contribution in [2.24, 2.45) is 0 Å². The van der Waals surface area contributed by atoms with E-state index >= 15 is 0 Å². The first-order valence-corrected chi connectivity index (χ1v) is 16.2. The number of ether oxygens (including phenoxy) is 8. The third-order valence-electron chi connectivity index (χ3n) is 7.11. The molecule has 4 rings (SSSR count). The first kappa shape index (κ1) is 36.4. The van der Waals surface area contributed by atoms with Crippen LogP contribution < -0.4 is 46.9 Å². The molecule has 0 unspecified atom stereocenters. The number of rotatable bonds is 16. The van der Waals surface area contributed by atoms with Crippen LogP contribution in [0.15, 0.2) is 60.7 Å². The minimum Gasteiger partial charge on any atom is -0.493 e. The minimum absolute atomic E-state index is 0.0159. The maximum Gasteiger partial charge on any atom is 0.585 e. The fraction of sp³-hybridized carbons (Fsp3) is 0.222. The standard InChI is InChI=1S/C36H39O12P/c1-39-27-15-13-23(9-11-25-19-31(41-3)35(45-7)32(20-25)42-4)17-29(27)47-49(37,38)48-30-18-24(14-16-28(30)40-2)10-12-26-21-33(43-5)36(46-8)34(22-26)44-6/h9-22H,1-8H3,(H,37,38)/b11-9-,12-10-. The molecule has 0 heterocycles. The Balaban J connectivity index is 1.58. The number of methoxy groups -OCH3 is 8. The van der Waals surface area contributed by atoms with Gasteiger partial charge in [-0.3, -0.25) is 4.89 Å². The Morgan fingerprint density at radius 2 is 0.694 bits per heavy atom. The van der Waals surface area contributed by atoms with Crippen LogP contribution in [-0.2, 0) is 4.57 Å². The molecule has 0 radical (unpaired) electrons. The SMILES string of the molecule is COc1ccc(/C=C\c2cc(OC)c(OC)c(OC)c2)cc1OP(=O)(O)Oc1cc(/C=C\c2cc(OC)c(OC)c(OC)c2)ccc1OC. The van der Waals surface area contributed by atoms with Gasteiger partial charge in [0, 0.05) is 0 Å². The molecule has 0 aromatic heterocycles. The summed E-state index contributed by atoms with van der Waals surface area (Å²) in [6.45, 7) is 0. The lowest BCUT2D eigenvalue weighted by atomic mass is 10.1. The molecule has 0 fully saturated rings. The van der Waals surface area contributed by atoms with E-state index in [0.29, 0.717) is 45.6 Å². The second-order valence-corrected chi connectivity index (χ2v) is 11.4. The van der Waals surface area contributed by atoms with E-state index in [0.717, 1.165) is 11.1 Å². The van der Waals surface area contributed by atoms with Gasteiger partial charge in [-0.15, -0.1) is 0 Å². The van der Waals surface area contributed by atoms with Gasteiger partial charge < -0.3 is 46.9 Å². The summed E-state index contributed by atoms with van der Waals surface area (Å²) in [6, 6.07) is 17.0. The Morgan fingerprint density at radius 3 is 0.980 bits per heavy atom. The predicted molar refractivity (Wildman–Crippen MR) is 187 cm³/mol. The molecule has 0 aliphatic carbocycles. The lowest BCUT2D eigenvalue weighted by molar-refractivity contribution is 0.277. The highest BCUT2D eigenvalue weighted by molar-refractivity contribution is 7.48. The molecule has 0 amide bonds. The maximum absolute atomic E-state index is 13.4. The first-order chi connectivity index (χ1) is 23.6. The van der Waals surface area contributed by atoms with E-state index < -0.39 is 7.82 Å². The molecular formula is C36H39O12P. The quantitative estimate of drug-likeness (QED) is 0.0913. The summed E-state index contributed by atoms with van der Waals surface area (Å²) in [6.07, 6.45) is 7.19. The molecule has 12 nitrogen and oxygen atoms in total. The predicted octanol–water partition coefficient (Wildman–Crippen LogP) is 7.65. The average molecular weight is 695 g/mol. The molecule has 1 N–H and O–H groups in total. The summed E-state index contributed by atoms with van der Waals surface area (Å²) >= 11 is 0. The number of hydrogen-bond acceptors (Lipinski definition) is 11. The van der Waals surface area contributed by atoms with E-state index in [4.69, 9.17) is 46.9 Å². The molecule has 13 heteroatoms. The zero-order valence-electron chi connectivity index (χ0n) is 28.5. The fourth-order valence-electron chi connectivity index (χ4n) is 4.78. The monoisotopic (exact) mass is 694 g/mol. The van der Waals surface area contributed by atoms with Crippen molar-refractivity contribution in [3.63, 3.8) is 0 Å². The van der Waals surface area contributed by atoms with Crippen LogP contribution in [0.25, 0.3) is 24.3 Å². The van der Waals surface area contributed by atoms with Crippen LogP contribution in [0, 0.1) is 0 Å². The van der Waals surface area contributed by atoms with Gasteiger partial charge in [-0.2, -0.15) is 0 Å². The third-order valence-corrected chi connectivity index (χ3v) is 7.97. The Hall–Kier alpha value is -5.45. The Bertz CT molecular complexity index is 1690. The molecule has 0 atom stereocenters. The number of hydrogen-bond donors (Lipinski definition) is 1. The van der Waals surface area contributed by atoms with Crippen molar-refractivity contribution in [3.8, 4) is 57.5 Å². The smallest absolute Gasteiger partial charge is 0.493 e. The van der Waals surface area contributed by atoms with Gasteiger partial charge in [-0.05, 0) is 70.8 Å². The van der Waals surface area contributed by atoms with Crippen molar-refractivity contribution in [2.75, 3.05) is 56.9 Å². The van der Waals surface area contributed by atoms with Gasteiger partial charge in [0.25, 0.3) is 0 Å².